The third-order valence-electron chi connectivity index (χ3n) is 6.87. The van der Waals surface area contributed by atoms with E-state index >= 15 is 0 Å². The molecule has 0 amide bonds. The lowest BCUT2D eigenvalue weighted by Gasteiger charge is -2.22. The van der Waals surface area contributed by atoms with Gasteiger partial charge in [0, 0.05) is 12.6 Å². The maximum atomic E-state index is 12.5. The highest BCUT2D eigenvalue weighted by Gasteiger charge is 2.20. The van der Waals surface area contributed by atoms with Gasteiger partial charge in [0.05, 0.1) is 5.69 Å². The Morgan fingerprint density at radius 3 is 2.38 bits per heavy atom. The molecule has 0 saturated heterocycles. The number of ether oxygens (including phenoxy) is 1. The summed E-state index contributed by atoms with van der Waals surface area (Å²) < 4.78 is 8.04. The summed E-state index contributed by atoms with van der Waals surface area (Å²) in [6, 6.07) is 26.1. The van der Waals surface area contributed by atoms with Gasteiger partial charge in [-0.3, -0.25) is 14.8 Å². The van der Waals surface area contributed by atoms with Gasteiger partial charge in [-0.1, -0.05) is 67.3 Å². The molecule has 0 unspecified atom stereocenters. The van der Waals surface area contributed by atoms with Crippen LogP contribution in [0.5, 0.6) is 5.75 Å². The Morgan fingerprint density at radius 2 is 1.69 bits per heavy atom. The van der Waals surface area contributed by atoms with E-state index in [0.717, 1.165) is 22.7 Å². The zero-order chi connectivity index (χ0) is 27.0. The number of nitrogens with zero attached hydrogens (tertiary/aromatic N) is 4. The van der Waals surface area contributed by atoms with Gasteiger partial charge in [-0.05, 0) is 79.4 Å². The second-order valence-electron chi connectivity index (χ2n) is 9.82. The highest BCUT2D eigenvalue weighted by atomic mass is 32.2. The van der Waals surface area contributed by atoms with Crippen molar-refractivity contribution in [2.45, 2.75) is 63.6 Å². The van der Waals surface area contributed by atoms with Gasteiger partial charge in [0.15, 0.2) is 16.7 Å². The minimum absolute atomic E-state index is 0.168. The summed E-state index contributed by atoms with van der Waals surface area (Å²) in [7, 11) is 0. The molecule has 1 N–H and O–H groups in total. The number of para-hydroxylation sites is 1. The minimum Gasteiger partial charge on any atom is -0.486 e. The van der Waals surface area contributed by atoms with E-state index in [0.29, 0.717) is 16.9 Å². The van der Waals surface area contributed by atoms with Crippen molar-refractivity contribution in [3.63, 3.8) is 0 Å². The van der Waals surface area contributed by atoms with Crippen LogP contribution in [0.25, 0.3) is 5.69 Å². The topological polar surface area (TPSA) is 81.4 Å². The largest absolute Gasteiger partial charge is 0.486 e. The van der Waals surface area contributed by atoms with Gasteiger partial charge in [0.2, 0.25) is 5.16 Å². The normalized spacial score (nSPS) is 14.3. The number of aryl methyl sites for hydroxylation is 1. The maximum Gasteiger partial charge on any atom is 0.202 e. The first-order chi connectivity index (χ1) is 19.1. The van der Waals surface area contributed by atoms with Gasteiger partial charge < -0.3 is 4.74 Å². The van der Waals surface area contributed by atoms with E-state index in [1.165, 1.54) is 56.4 Å². The number of hydrogen-bond donors (Lipinski definition) is 1. The Kier molecular flexibility index (Phi) is 8.73. The second-order valence-corrected chi connectivity index (χ2v) is 10.8. The fourth-order valence-corrected chi connectivity index (χ4v) is 5.51. The molecule has 1 saturated carbocycles. The fraction of sp³-hybridized carbons (Fsp3) is 0.290. The van der Waals surface area contributed by atoms with Crippen LogP contribution < -0.4 is 10.2 Å². The smallest absolute Gasteiger partial charge is 0.202 e. The Labute approximate surface area is 233 Å². The van der Waals surface area contributed by atoms with Crippen LogP contribution in [0.4, 0.5) is 5.69 Å². The van der Waals surface area contributed by atoms with Crippen LogP contribution in [0.15, 0.2) is 89.1 Å². The van der Waals surface area contributed by atoms with E-state index < -0.39 is 0 Å². The molecule has 0 spiro atoms. The molecule has 200 valence electrons. The van der Waals surface area contributed by atoms with E-state index in [1.54, 1.807) is 0 Å². The lowest BCUT2D eigenvalue weighted by molar-refractivity contribution is -0.110. The number of thioether (sulfide) groups is 1. The minimum atomic E-state index is -0.168. The summed E-state index contributed by atoms with van der Waals surface area (Å²) in [5, 5.41) is 14.0. The molecule has 3 aromatic carbocycles. The molecule has 1 aromatic heterocycles. The molecule has 1 aliphatic rings. The van der Waals surface area contributed by atoms with Crippen LogP contribution in [0.2, 0.25) is 0 Å². The maximum absolute atomic E-state index is 12.5. The number of nitrogens with one attached hydrogen (secondary N) is 1. The van der Waals surface area contributed by atoms with Gasteiger partial charge in [0.1, 0.15) is 12.4 Å². The van der Waals surface area contributed by atoms with Crippen molar-refractivity contribution >= 4 is 28.3 Å². The van der Waals surface area contributed by atoms with E-state index in [2.05, 4.69) is 32.9 Å². The Balaban J connectivity index is 1.34. The number of anilines is 1. The molecule has 8 heteroatoms. The van der Waals surface area contributed by atoms with Crippen LogP contribution in [-0.4, -0.2) is 25.6 Å². The van der Waals surface area contributed by atoms with Crippen molar-refractivity contribution in [3.8, 4) is 11.4 Å². The number of rotatable bonds is 9. The first-order valence-corrected chi connectivity index (χ1v) is 14.2. The van der Waals surface area contributed by atoms with Gasteiger partial charge in [-0.2, -0.15) is 5.10 Å². The van der Waals surface area contributed by atoms with Crippen molar-refractivity contribution < 1.29 is 9.53 Å². The molecule has 0 radical (unpaired) electrons. The standard InChI is InChI=1S/C31H33N5O2S/c1-22-13-17-26(18-14-22)32-34-30(23(2)37)39-31-35-33-29(36(31)27-11-7-4-8-12-27)21-38-28-19-15-25(16-20-28)24-9-5-3-6-10-24/h4,7-8,11-20,24,32H,3,5-6,9-10,21H2,1-2H3/b34-30+. The zero-order valence-corrected chi connectivity index (χ0v) is 23.2. The van der Waals surface area contributed by atoms with E-state index in [4.69, 9.17) is 4.74 Å². The average Bonchev–Trinajstić information content (AvgIpc) is 3.38. The quantitative estimate of drug-likeness (QED) is 0.104. The van der Waals surface area contributed by atoms with Crippen LogP contribution in [0.1, 0.15) is 61.9 Å². The molecular formula is C31H33N5O2S. The van der Waals surface area contributed by atoms with E-state index in [1.807, 2.05) is 78.2 Å². The molecule has 0 atom stereocenters. The van der Waals surface area contributed by atoms with Crippen molar-refractivity contribution in [1.82, 2.24) is 14.8 Å². The van der Waals surface area contributed by atoms with Crippen molar-refractivity contribution in [1.29, 1.82) is 0 Å². The van der Waals surface area contributed by atoms with Crippen molar-refractivity contribution in [2.75, 3.05) is 5.43 Å². The molecule has 1 heterocycles. The van der Waals surface area contributed by atoms with Crippen LogP contribution in [-0.2, 0) is 11.4 Å². The highest BCUT2D eigenvalue weighted by molar-refractivity contribution is 8.15. The molecule has 0 bridgehead atoms. The lowest BCUT2D eigenvalue weighted by Crippen LogP contribution is -2.11. The number of Topliss-reactive ketones (excluding diaryl/α,β-unsaturated/α-hetero) is 1. The highest BCUT2D eigenvalue weighted by Crippen LogP contribution is 2.33. The summed E-state index contributed by atoms with van der Waals surface area (Å²) >= 11 is 1.17. The number of benzene rings is 3. The monoisotopic (exact) mass is 539 g/mol. The van der Waals surface area contributed by atoms with Crippen LogP contribution in [0, 0.1) is 6.92 Å². The summed E-state index contributed by atoms with van der Waals surface area (Å²) in [5.74, 6) is 1.92. The summed E-state index contributed by atoms with van der Waals surface area (Å²) in [6.07, 6.45) is 6.52. The van der Waals surface area contributed by atoms with Crippen LogP contribution >= 0.6 is 11.8 Å². The number of hydrazone groups is 1. The number of carbonyl (C=O) groups excluding carboxylic acids is 1. The van der Waals surface area contributed by atoms with Gasteiger partial charge in [-0.25, -0.2) is 0 Å². The zero-order valence-electron chi connectivity index (χ0n) is 22.3. The molecular weight excluding hydrogens is 506 g/mol. The van der Waals surface area contributed by atoms with Gasteiger partial charge >= 0.3 is 0 Å². The first kappa shape index (κ1) is 26.7. The molecule has 1 fully saturated rings. The fourth-order valence-electron chi connectivity index (χ4n) is 4.72. The number of ketones is 1. The molecule has 5 rings (SSSR count). The van der Waals surface area contributed by atoms with Gasteiger partial charge in [-0.15, -0.1) is 10.2 Å². The lowest BCUT2D eigenvalue weighted by atomic mass is 9.84. The third kappa shape index (κ3) is 6.95. The number of hydrogen-bond acceptors (Lipinski definition) is 7. The molecule has 1 aliphatic carbocycles. The summed E-state index contributed by atoms with van der Waals surface area (Å²) in [4.78, 5) is 12.5. The van der Waals surface area contributed by atoms with E-state index in [9.17, 15) is 4.79 Å². The molecule has 0 aliphatic heterocycles. The van der Waals surface area contributed by atoms with E-state index in [-0.39, 0.29) is 17.4 Å². The first-order valence-electron chi connectivity index (χ1n) is 13.4. The van der Waals surface area contributed by atoms with Crippen molar-refractivity contribution in [2.24, 2.45) is 5.10 Å². The summed E-state index contributed by atoms with van der Waals surface area (Å²) in [5.41, 5.74) is 7.20. The molecule has 4 aromatic rings. The predicted octanol–water partition coefficient (Wildman–Crippen LogP) is 7.31. The molecule has 39 heavy (non-hydrogen) atoms. The average molecular weight is 540 g/mol. The van der Waals surface area contributed by atoms with Gasteiger partial charge in [0.25, 0.3) is 0 Å². The number of aromatic nitrogens is 3. The SMILES string of the molecule is CC(=O)/C(=N\Nc1ccc(C)cc1)Sc1nnc(COc2ccc(C3CCCCC3)cc2)n1-c1ccccc1. The Hall–Kier alpha value is -3.91. The second kappa shape index (κ2) is 12.8. The third-order valence-corrected chi connectivity index (χ3v) is 7.89. The Morgan fingerprint density at radius 1 is 0.974 bits per heavy atom. The number of carbonyl (C=O) groups is 1. The molecule has 7 nitrogen and oxygen atoms in total. The Bertz CT molecular complexity index is 1410. The predicted molar refractivity (Wildman–Crippen MR) is 157 cm³/mol. The van der Waals surface area contributed by atoms with Crippen molar-refractivity contribution in [3.05, 3.63) is 95.8 Å². The van der Waals surface area contributed by atoms with Crippen LogP contribution in [0.3, 0.4) is 0 Å². The summed E-state index contributed by atoms with van der Waals surface area (Å²) in [6.45, 7) is 3.75.